The molecule has 1 N–H and O–H groups in total. The highest BCUT2D eigenvalue weighted by atomic mass is 19.1. The van der Waals surface area contributed by atoms with Crippen molar-refractivity contribution >= 4 is 0 Å². The lowest BCUT2D eigenvalue weighted by Gasteiger charge is -1.92. The molecule has 0 amide bonds. The SMILES string of the molecule is C=CC(=C/C)/C=C(/O)CF. The van der Waals surface area contributed by atoms with Crippen molar-refractivity contribution in [2.75, 3.05) is 6.67 Å². The quantitative estimate of drug-likeness (QED) is 0.474. The molecule has 0 aliphatic carbocycles. The fourth-order valence-corrected chi connectivity index (χ4v) is 0.491. The fourth-order valence-electron chi connectivity index (χ4n) is 0.491. The van der Waals surface area contributed by atoms with Crippen LogP contribution >= 0.6 is 0 Å². The van der Waals surface area contributed by atoms with Gasteiger partial charge >= 0.3 is 0 Å². The van der Waals surface area contributed by atoms with Crippen LogP contribution in [0.2, 0.25) is 0 Å². The monoisotopic (exact) mass is 142 g/mol. The molecule has 0 saturated carbocycles. The van der Waals surface area contributed by atoms with Crippen molar-refractivity contribution in [1.29, 1.82) is 0 Å². The second kappa shape index (κ2) is 4.79. The van der Waals surface area contributed by atoms with Gasteiger partial charge in [0.1, 0.15) is 12.4 Å². The van der Waals surface area contributed by atoms with Gasteiger partial charge in [0, 0.05) is 0 Å². The van der Waals surface area contributed by atoms with E-state index in [1.807, 2.05) is 0 Å². The molecule has 0 fully saturated rings. The van der Waals surface area contributed by atoms with Gasteiger partial charge in [-0.1, -0.05) is 18.7 Å². The van der Waals surface area contributed by atoms with Crippen LogP contribution in [0, 0.1) is 0 Å². The largest absolute Gasteiger partial charge is 0.510 e. The van der Waals surface area contributed by atoms with E-state index in [9.17, 15) is 4.39 Å². The number of halogens is 1. The second-order valence-corrected chi connectivity index (χ2v) is 1.76. The predicted octanol–water partition coefficient (Wildman–Crippen LogP) is 2.53. The maximum Gasteiger partial charge on any atom is 0.146 e. The first-order chi connectivity index (χ1) is 4.74. The van der Waals surface area contributed by atoms with Crippen molar-refractivity contribution in [3.8, 4) is 0 Å². The highest BCUT2D eigenvalue weighted by molar-refractivity contribution is 5.29. The van der Waals surface area contributed by atoms with Gasteiger partial charge in [0.05, 0.1) is 0 Å². The van der Waals surface area contributed by atoms with Crippen LogP contribution in [-0.4, -0.2) is 11.8 Å². The first kappa shape index (κ1) is 8.95. The zero-order valence-electron chi connectivity index (χ0n) is 5.97. The molecule has 0 aromatic rings. The zero-order valence-corrected chi connectivity index (χ0v) is 5.97. The Labute approximate surface area is 60.2 Å². The lowest BCUT2D eigenvalue weighted by molar-refractivity contribution is 0.344. The van der Waals surface area contributed by atoms with Crippen molar-refractivity contribution < 1.29 is 9.50 Å². The third-order valence-corrected chi connectivity index (χ3v) is 1.04. The van der Waals surface area contributed by atoms with Crippen LogP contribution in [0.25, 0.3) is 0 Å². The Morgan fingerprint density at radius 2 is 2.30 bits per heavy atom. The molecule has 2 heteroatoms. The number of alkyl halides is 1. The normalized spacial score (nSPS) is 13.4. The van der Waals surface area contributed by atoms with E-state index in [2.05, 4.69) is 6.58 Å². The number of rotatable bonds is 3. The lowest BCUT2D eigenvalue weighted by Crippen LogP contribution is -1.82. The van der Waals surface area contributed by atoms with Crippen molar-refractivity contribution in [2.45, 2.75) is 6.92 Å². The summed E-state index contributed by atoms with van der Waals surface area (Å²) in [5.41, 5.74) is 0.718. The van der Waals surface area contributed by atoms with Gasteiger partial charge in [-0.25, -0.2) is 4.39 Å². The summed E-state index contributed by atoms with van der Waals surface area (Å²) in [5.74, 6) is -0.270. The summed E-state index contributed by atoms with van der Waals surface area (Å²) in [7, 11) is 0. The molecule has 0 spiro atoms. The average Bonchev–Trinajstić information content (AvgIpc) is 1.99. The van der Waals surface area contributed by atoms with Gasteiger partial charge in [0.2, 0.25) is 0 Å². The van der Waals surface area contributed by atoms with E-state index in [-0.39, 0.29) is 5.76 Å². The number of aliphatic hydroxyl groups excluding tert-OH is 1. The molecule has 0 saturated heterocycles. The lowest BCUT2D eigenvalue weighted by atomic mass is 10.2. The standard InChI is InChI=1S/C8H11FO/c1-3-7(4-2)5-8(10)6-9/h3-5,10H,1,6H2,2H3/b7-4-,8-5+. The van der Waals surface area contributed by atoms with Gasteiger partial charge in [0.15, 0.2) is 0 Å². The van der Waals surface area contributed by atoms with Gasteiger partial charge in [-0.15, -0.1) is 0 Å². The van der Waals surface area contributed by atoms with Crippen molar-refractivity contribution in [3.05, 3.63) is 36.1 Å². The third-order valence-electron chi connectivity index (χ3n) is 1.04. The number of aliphatic hydroxyl groups is 1. The van der Waals surface area contributed by atoms with Gasteiger partial charge in [-0.05, 0) is 18.6 Å². The van der Waals surface area contributed by atoms with Gasteiger partial charge in [0.25, 0.3) is 0 Å². The average molecular weight is 142 g/mol. The first-order valence-corrected chi connectivity index (χ1v) is 2.98. The van der Waals surface area contributed by atoms with Crippen molar-refractivity contribution in [2.24, 2.45) is 0 Å². The molecular weight excluding hydrogens is 131 g/mol. The smallest absolute Gasteiger partial charge is 0.146 e. The molecule has 0 bridgehead atoms. The zero-order chi connectivity index (χ0) is 7.98. The number of hydrogen-bond donors (Lipinski definition) is 1. The fraction of sp³-hybridized carbons (Fsp3) is 0.250. The van der Waals surface area contributed by atoms with Gasteiger partial charge in [-0.2, -0.15) is 0 Å². The Morgan fingerprint density at radius 3 is 2.60 bits per heavy atom. The van der Waals surface area contributed by atoms with E-state index in [0.717, 1.165) is 5.57 Å². The summed E-state index contributed by atoms with van der Waals surface area (Å²) < 4.78 is 11.6. The van der Waals surface area contributed by atoms with Crippen LogP contribution in [0.5, 0.6) is 0 Å². The van der Waals surface area contributed by atoms with Crippen molar-refractivity contribution in [3.63, 3.8) is 0 Å². The summed E-state index contributed by atoms with van der Waals surface area (Å²) in [4.78, 5) is 0. The van der Waals surface area contributed by atoms with Crippen molar-refractivity contribution in [1.82, 2.24) is 0 Å². The molecular formula is C8H11FO. The molecule has 0 heterocycles. The number of allylic oxidation sites excluding steroid dienone is 5. The summed E-state index contributed by atoms with van der Waals surface area (Å²) in [6, 6.07) is 0. The van der Waals surface area contributed by atoms with Crippen LogP contribution in [-0.2, 0) is 0 Å². The molecule has 0 aromatic heterocycles. The Hall–Kier alpha value is -1.05. The highest BCUT2D eigenvalue weighted by Gasteiger charge is 1.89. The third kappa shape index (κ3) is 3.07. The number of hydrogen-bond acceptors (Lipinski definition) is 1. The minimum Gasteiger partial charge on any atom is -0.510 e. The molecule has 0 aliphatic rings. The topological polar surface area (TPSA) is 20.2 Å². The molecule has 56 valence electrons. The van der Waals surface area contributed by atoms with Crippen LogP contribution in [0.1, 0.15) is 6.92 Å². The molecule has 0 aliphatic heterocycles. The van der Waals surface area contributed by atoms with E-state index >= 15 is 0 Å². The Bertz CT molecular complexity index is 168. The minimum atomic E-state index is -0.828. The van der Waals surface area contributed by atoms with Crippen LogP contribution < -0.4 is 0 Å². The molecule has 0 rings (SSSR count). The van der Waals surface area contributed by atoms with Gasteiger partial charge in [-0.3, -0.25) is 0 Å². The minimum absolute atomic E-state index is 0.270. The van der Waals surface area contributed by atoms with E-state index in [4.69, 9.17) is 5.11 Å². The Morgan fingerprint density at radius 1 is 1.70 bits per heavy atom. The maximum atomic E-state index is 11.6. The van der Waals surface area contributed by atoms with E-state index in [1.165, 1.54) is 6.08 Å². The van der Waals surface area contributed by atoms with E-state index < -0.39 is 6.67 Å². The predicted molar refractivity (Wildman–Crippen MR) is 40.6 cm³/mol. The molecule has 10 heavy (non-hydrogen) atoms. The molecule has 0 atom stereocenters. The van der Waals surface area contributed by atoms with Crippen LogP contribution in [0.3, 0.4) is 0 Å². The summed E-state index contributed by atoms with van der Waals surface area (Å²) >= 11 is 0. The highest BCUT2D eigenvalue weighted by Crippen LogP contribution is 2.01. The van der Waals surface area contributed by atoms with Crippen LogP contribution in [0.15, 0.2) is 36.1 Å². The maximum absolute atomic E-state index is 11.6. The van der Waals surface area contributed by atoms with E-state index in [0.29, 0.717) is 0 Å². The van der Waals surface area contributed by atoms with Gasteiger partial charge < -0.3 is 5.11 Å². The second-order valence-electron chi connectivity index (χ2n) is 1.76. The molecule has 0 radical (unpaired) electrons. The summed E-state index contributed by atoms with van der Waals surface area (Å²) in [5, 5.41) is 8.69. The Kier molecular flexibility index (Phi) is 4.29. The summed E-state index contributed by atoms with van der Waals surface area (Å²) in [6.07, 6.45) is 4.62. The summed E-state index contributed by atoms with van der Waals surface area (Å²) in [6.45, 7) is 4.44. The molecule has 1 nitrogen and oxygen atoms in total. The first-order valence-electron chi connectivity index (χ1n) is 2.98. The van der Waals surface area contributed by atoms with E-state index in [1.54, 1.807) is 19.1 Å². The molecule has 0 aromatic carbocycles. The van der Waals surface area contributed by atoms with Crippen LogP contribution in [0.4, 0.5) is 4.39 Å². The Balaban J connectivity index is 4.22. The molecule has 0 unspecified atom stereocenters.